The summed E-state index contributed by atoms with van der Waals surface area (Å²) in [4.78, 5) is 44.5. The lowest BCUT2D eigenvalue weighted by Gasteiger charge is -2.34. The molecule has 4 atom stereocenters. The van der Waals surface area contributed by atoms with Gasteiger partial charge in [-0.25, -0.2) is 0 Å². The van der Waals surface area contributed by atoms with Crippen LogP contribution < -0.4 is 16.4 Å². The maximum Gasteiger partial charge on any atom is 0.245 e. The first kappa shape index (κ1) is 32.9. The molecule has 234 valence electrons. The lowest BCUT2D eigenvalue weighted by atomic mass is 10.0. The Hall–Kier alpha value is -4.01. The van der Waals surface area contributed by atoms with Crippen LogP contribution in [-0.2, 0) is 33.6 Å². The summed E-state index contributed by atoms with van der Waals surface area (Å²) in [6.07, 6.45) is 3.95. The number of likely N-dealkylation sites (tertiary alicyclic amines) is 1. The molecule has 0 radical (unpaired) electrons. The average Bonchev–Trinajstić information content (AvgIpc) is 3.53. The molecule has 0 saturated carbocycles. The molecule has 1 aliphatic heterocycles. The Morgan fingerprint density at radius 2 is 1.45 bits per heavy atom. The van der Waals surface area contributed by atoms with E-state index in [-0.39, 0.29) is 23.8 Å². The summed E-state index contributed by atoms with van der Waals surface area (Å²) in [5, 5.41) is 5.97. The maximum atomic E-state index is 14.1. The molecule has 3 amide bonds. The van der Waals surface area contributed by atoms with E-state index in [1.807, 2.05) is 88.7 Å². The number of rotatable bonds is 15. The fraction of sp³-hybridized carbons (Fsp3) is 0.417. The van der Waals surface area contributed by atoms with Gasteiger partial charge in [0.1, 0.15) is 6.04 Å². The molecular weight excluding hydrogens is 550 g/mol. The molecule has 1 fully saturated rings. The van der Waals surface area contributed by atoms with Gasteiger partial charge in [0.15, 0.2) is 0 Å². The number of nitrogens with one attached hydrogen (secondary N) is 2. The Morgan fingerprint density at radius 1 is 0.886 bits per heavy atom. The van der Waals surface area contributed by atoms with E-state index in [9.17, 15) is 14.4 Å². The molecule has 4 N–H and O–H groups in total. The Balaban J connectivity index is 1.50. The van der Waals surface area contributed by atoms with Crippen LogP contribution in [0.15, 0.2) is 91.0 Å². The van der Waals surface area contributed by atoms with Crippen molar-refractivity contribution in [1.29, 1.82) is 0 Å². The molecule has 1 saturated heterocycles. The molecular formula is C36H47N5O3. The zero-order chi connectivity index (χ0) is 31.3. The van der Waals surface area contributed by atoms with Crippen molar-refractivity contribution >= 4 is 17.7 Å². The van der Waals surface area contributed by atoms with Gasteiger partial charge in [0.2, 0.25) is 17.7 Å². The average molecular weight is 598 g/mol. The van der Waals surface area contributed by atoms with Gasteiger partial charge in [0, 0.05) is 25.7 Å². The van der Waals surface area contributed by atoms with Gasteiger partial charge in [-0.05, 0) is 69.2 Å². The zero-order valence-corrected chi connectivity index (χ0v) is 26.0. The van der Waals surface area contributed by atoms with Crippen molar-refractivity contribution in [2.75, 3.05) is 26.7 Å². The second-order valence-corrected chi connectivity index (χ2v) is 11.7. The van der Waals surface area contributed by atoms with E-state index >= 15 is 0 Å². The molecule has 0 aromatic heterocycles. The molecule has 8 heteroatoms. The van der Waals surface area contributed by atoms with Gasteiger partial charge in [-0.2, -0.15) is 0 Å². The third-order valence-electron chi connectivity index (χ3n) is 8.54. The van der Waals surface area contributed by atoms with Crippen LogP contribution in [0.4, 0.5) is 0 Å². The van der Waals surface area contributed by atoms with E-state index in [1.165, 1.54) is 0 Å². The summed E-state index contributed by atoms with van der Waals surface area (Å²) in [6, 6.07) is 28.0. The molecule has 1 heterocycles. The van der Waals surface area contributed by atoms with Crippen molar-refractivity contribution < 1.29 is 14.4 Å². The fourth-order valence-electron chi connectivity index (χ4n) is 5.80. The van der Waals surface area contributed by atoms with Crippen LogP contribution in [0.25, 0.3) is 0 Å². The summed E-state index contributed by atoms with van der Waals surface area (Å²) >= 11 is 0. The molecule has 3 aromatic rings. The number of likely N-dealkylation sites (N-methyl/N-ethyl adjacent to an activating group) is 1. The Morgan fingerprint density at radius 3 is 2.05 bits per heavy atom. The van der Waals surface area contributed by atoms with E-state index in [0.29, 0.717) is 45.3 Å². The molecule has 0 aliphatic carbocycles. The minimum absolute atomic E-state index is 0.0934. The summed E-state index contributed by atoms with van der Waals surface area (Å²) in [7, 11) is 1.73. The molecule has 8 nitrogen and oxygen atoms in total. The quantitative estimate of drug-likeness (QED) is 0.249. The van der Waals surface area contributed by atoms with Crippen LogP contribution in [0.5, 0.6) is 0 Å². The summed E-state index contributed by atoms with van der Waals surface area (Å²) in [5.74, 6) is -0.411. The fourth-order valence-corrected chi connectivity index (χ4v) is 5.80. The lowest BCUT2D eigenvalue weighted by Crippen LogP contribution is -2.56. The third kappa shape index (κ3) is 9.49. The first-order valence-corrected chi connectivity index (χ1v) is 15.8. The monoisotopic (exact) mass is 597 g/mol. The number of amides is 3. The molecule has 1 aliphatic rings. The van der Waals surface area contributed by atoms with Crippen molar-refractivity contribution in [3.05, 3.63) is 108 Å². The highest BCUT2D eigenvalue weighted by molar-refractivity contribution is 5.90. The van der Waals surface area contributed by atoms with Gasteiger partial charge in [0.25, 0.3) is 0 Å². The Kier molecular flexibility index (Phi) is 12.5. The minimum atomic E-state index is -0.681. The number of hydrogen-bond donors (Lipinski definition) is 3. The SMILES string of the molecule is CN[C@@H](C)C(=O)N[C@@H](CCc1ccccc1)C(=O)N1CCC[C@H]1CN(CCc1ccccc1)C(=O)[C@H](N)Cc1ccccc1. The van der Waals surface area contributed by atoms with Crippen LogP contribution in [0.3, 0.4) is 0 Å². The van der Waals surface area contributed by atoms with Crippen molar-refractivity contribution in [3.63, 3.8) is 0 Å². The molecule has 4 rings (SSSR count). The van der Waals surface area contributed by atoms with Crippen LogP contribution in [-0.4, -0.2) is 78.4 Å². The van der Waals surface area contributed by atoms with Gasteiger partial charge in [-0.15, -0.1) is 0 Å². The molecule has 44 heavy (non-hydrogen) atoms. The van der Waals surface area contributed by atoms with Gasteiger partial charge < -0.3 is 26.2 Å². The highest BCUT2D eigenvalue weighted by Gasteiger charge is 2.36. The molecule has 0 bridgehead atoms. The second-order valence-electron chi connectivity index (χ2n) is 11.7. The largest absolute Gasteiger partial charge is 0.343 e. The smallest absolute Gasteiger partial charge is 0.245 e. The van der Waals surface area contributed by atoms with Crippen LogP contribution in [0.1, 0.15) is 42.9 Å². The van der Waals surface area contributed by atoms with Crippen molar-refractivity contribution in [2.24, 2.45) is 5.73 Å². The first-order chi connectivity index (χ1) is 21.4. The number of nitrogens with two attached hydrogens (primary N) is 1. The normalized spacial score (nSPS) is 16.6. The van der Waals surface area contributed by atoms with E-state index in [4.69, 9.17) is 5.73 Å². The van der Waals surface area contributed by atoms with Crippen molar-refractivity contribution in [3.8, 4) is 0 Å². The number of carbonyl (C=O) groups is 3. The Bertz CT molecular complexity index is 1320. The van der Waals surface area contributed by atoms with E-state index in [0.717, 1.165) is 29.5 Å². The number of hydrogen-bond acceptors (Lipinski definition) is 5. The summed E-state index contributed by atoms with van der Waals surface area (Å²) in [6.45, 7) is 3.30. The maximum absolute atomic E-state index is 14.1. The predicted molar refractivity (Wildman–Crippen MR) is 175 cm³/mol. The number of carbonyl (C=O) groups excluding carboxylic acids is 3. The van der Waals surface area contributed by atoms with Gasteiger partial charge in [-0.1, -0.05) is 91.0 Å². The van der Waals surface area contributed by atoms with Crippen LogP contribution >= 0.6 is 0 Å². The van der Waals surface area contributed by atoms with E-state index in [2.05, 4.69) is 22.8 Å². The lowest BCUT2D eigenvalue weighted by molar-refractivity contribution is -0.140. The highest BCUT2D eigenvalue weighted by atomic mass is 16.2. The third-order valence-corrected chi connectivity index (χ3v) is 8.54. The first-order valence-electron chi connectivity index (χ1n) is 15.8. The number of nitrogens with zero attached hydrogens (tertiary/aromatic N) is 2. The van der Waals surface area contributed by atoms with Crippen molar-refractivity contribution in [2.45, 2.75) is 69.6 Å². The number of aryl methyl sites for hydroxylation is 1. The van der Waals surface area contributed by atoms with E-state index < -0.39 is 18.1 Å². The van der Waals surface area contributed by atoms with Gasteiger partial charge in [0.05, 0.1) is 12.1 Å². The Labute approximate surface area is 262 Å². The molecule has 0 unspecified atom stereocenters. The standard InChI is InChI=1S/C36H47N5O3/c1-27(38-2)34(42)39-33(21-20-28-13-6-3-7-14-28)36(44)41-23-12-19-31(41)26-40(24-22-29-15-8-4-9-16-29)35(43)32(37)25-30-17-10-5-11-18-30/h3-11,13-18,27,31-33,38H,12,19-26,37H2,1-2H3,(H,39,42)/t27-,31-,32+,33-/m0/s1. The van der Waals surface area contributed by atoms with Crippen LogP contribution in [0.2, 0.25) is 0 Å². The zero-order valence-electron chi connectivity index (χ0n) is 26.0. The summed E-state index contributed by atoms with van der Waals surface area (Å²) < 4.78 is 0. The predicted octanol–water partition coefficient (Wildman–Crippen LogP) is 3.34. The van der Waals surface area contributed by atoms with Crippen LogP contribution in [0, 0.1) is 0 Å². The van der Waals surface area contributed by atoms with E-state index in [1.54, 1.807) is 14.0 Å². The molecule has 3 aromatic carbocycles. The van der Waals surface area contributed by atoms with Crippen molar-refractivity contribution in [1.82, 2.24) is 20.4 Å². The number of benzene rings is 3. The second kappa shape index (κ2) is 16.7. The highest BCUT2D eigenvalue weighted by Crippen LogP contribution is 2.22. The molecule has 0 spiro atoms. The van der Waals surface area contributed by atoms with Gasteiger partial charge >= 0.3 is 0 Å². The summed E-state index contributed by atoms with van der Waals surface area (Å²) in [5.41, 5.74) is 9.77. The van der Waals surface area contributed by atoms with Gasteiger partial charge in [-0.3, -0.25) is 14.4 Å². The topological polar surface area (TPSA) is 108 Å². The minimum Gasteiger partial charge on any atom is -0.343 e.